The van der Waals surface area contributed by atoms with Crippen LogP contribution in [0.5, 0.6) is 0 Å². The lowest BCUT2D eigenvalue weighted by molar-refractivity contribution is -0.140. The Morgan fingerprint density at radius 1 is 1.28 bits per heavy atom. The third kappa shape index (κ3) is 7.95. The van der Waals surface area contributed by atoms with Crippen molar-refractivity contribution in [2.24, 2.45) is 11.8 Å². The van der Waals surface area contributed by atoms with E-state index in [0.717, 1.165) is 12.8 Å². The van der Waals surface area contributed by atoms with E-state index in [1.165, 1.54) is 12.7 Å². The Labute approximate surface area is 173 Å². The lowest BCUT2D eigenvalue weighted by Gasteiger charge is -2.16. The minimum atomic E-state index is -0.696. The van der Waals surface area contributed by atoms with Gasteiger partial charge in [-0.15, -0.1) is 0 Å². The number of esters is 1. The number of unbranched alkanes of at least 4 members (excludes halogenated alkanes) is 1. The Bertz CT molecular complexity index is 694. The predicted molar refractivity (Wildman–Crippen MR) is 112 cm³/mol. The molecule has 158 valence electrons. The molecule has 1 fully saturated rings. The number of hydrogen-bond acceptors (Lipinski definition) is 5. The maximum Gasteiger partial charge on any atom is 0.305 e. The summed E-state index contributed by atoms with van der Waals surface area (Å²) < 4.78 is 4.60. The zero-order valence-electron chi connectivity index (χ0n) is 17.1. The van der Waals surface area contributed by atoms with Crippen LogP contribution in [-0.4, -0.2) is 41.3 Å². The van der Waals surface area contributed by atoms with Gasteiger partial charge in [0.2, 0.25) is 0 Å². The second-order valence-electron chi connectivity index (χ2n) is 7.57. The SMILES string of the molecule is COC(=O)CCC/C=C\C[C@H]1C(=O)C[C@@H](O)[C@@H]1/C=C/[C@@H](O)CCc1ccccc1. The number of benzene rings is 1. The van der Waals surface area contributed by atoms with Crippen LogP contribution >= 0.6 is 0 Å². The molecule has 1 saturated carbocycles. The molecule has 0 unspecified atom stereocenters. The number of allylic oxidation sites excluding steroid dienone is 2. The summed E-state index contributed by atoms with van der Waals surface area (Å²) in [5.74, 6) is -0.693. The highest BCUT2D eigenvalue weighted by atomic mass is 16.5. The Morgan fingerprint density at radius 2 is 2.03 bits per heavy atom. The van der Waals surface area contributed by atoms with Crippen molar-refractivity contribution < 1.29 is 24.5 Å². The molecular formula is C24H32O5. The van der Waals surface area contributed by atoms with E-state index in [9.17, 15) is 19.8 Å². The van der Waals surface area contributed by atoms with Crippen molar-refractivity contribution in [2.45, 2.75) is 57.2 Å². The summed E-state index contributed by atoms with van der Waals surface area (Å²) in [7, 11) is 1.38. The zero-order valence-corrected chi connectivity index (χ0v) is 17.1. The van der Waals surface area contributed by atoms with E-state index in [1.807, 2.05) is 42.5 Å². The standard InChI is InChI=1S/C24H32O5/c1-29-24(28)12-8-3-2-7-11-20-21(23(27)17-22(20)26)16-15-19(25)14-13-18-9-5-4-6-10-18/h2,4-7,9-10,15-16,19-21,23,25,27H,3,8,11-14,17H2,1H3/b7-2-,16-15+/t19-,20+,21+,23+/m0/s1. The van der Waals surface area contributed by atoms with Gasteiger partial charge in [0, 0.05) is 24.7 Å². The lowest BCUT2D eigenvalue weighted by atomic mass is 9.90. The molecule has 0 amide bonds. The van der Waals surface area contributed by atoms with E-state index in [-0.39, 0.29) is 30.0 Å². The van der Waals surface area contributed by atoms with Gasteiger partial charge in [0.1, 0.15) is 5.78 Å². The molecule has 0 saturated heterocycles. The minimum absolute atomic E-state index is 0.0603. The summed E-state index contributed by atoms with van der Waals surface area (Å²) in [6, 6.07) is 9.98. The Balaban J connectivity index is 1.81. The number of ketones is 1. The number of aliphatic hydroxyl groups is 2. The molecule has 0 aliphatic heterocycles. The van der Waals surface area contributed by atoms with E-state index in [0.29, 0.717) is 25.7 Å². The highest BCUT2D eigenvalue weighted by Crippen LogP contribution is 2.33. The summed E-state index contributed by atoms with van der Waals surface area (Å²) in [5, 5.41) is 20.5. The minimum Gasteiger partial charge on any atom is -0.469 e. The molecule has 0 spiro atoms. The largest absolute Gasteiger partial charge is 0.469 e. The van der Waals surface area contributed by atoms with Gasteiger partial charge in [-0.2, -0.15) is 0 Å². The number of Topliss-reactive ketones (excluding diaryl/α,β-unsaturated/α-hetero) is 1. The number of ether oxygens (including phenoxy) is 1. The molecule has 0 bridgehead atoms. The number of carbonyl (C=O) groups is 2. The average molecular weight is 401 g/mol. The Hall–Kier alpha value is -2.24. The number of hydrogen-bond donors (Lipinski definition) is 2. The van der Waals surface area contributed by atoms with E-state index in [4.69, 9.17) is 0 Å². The van der Waals surface area contributed by atoms with E-state index in [1.54, 1.807) is 12.2 Å². The van der Waals surface area contributed by atoms with Gasteiger partial charge in [-0.05, 0) is 37.7 Å². The quantitative estimate of drug-likeness (QED) is 0.338. The van der Waals surface area contributed by atoms with Crippen LogP contribution in [0.2, 0.25) is 0 Å². The van der Waals surface area contributed by atoms with Crippen LogP contribution in [0.4, 0.5) is 0 Å². The third-order valence-electron chi connectivity index (χ3n) is 5.40. The van der Waals surface area contributed by atoms with Gasteiger partial charge in [-0.25, -0.2) is 0 Å². The monoisotopic (exact) mass is 400 g/mol. The van der Waals surface area contributed by atoms with Crippen molar-refractivity contribution in [3.63, 3.8) is 0 Å². The topological polar surface area (TPSA) is 83.8 Å². The van der Waals surface area contributed by atoms with Gasteiger partial charge < -0.3 is 14.9 Å². The van der Waals surface area contributed by atoms with Crippen molar-refractivity contribution >= 4 is 11.8 Å². The predicted octanol–water partition coefficient (Wildman–Crippen LogP) is 3.39. The van der Waals surface area contributed by atoms with Crippen LogP contribution < -0.4 is 0 Å². The van der Waals surface area contributed by atoms with Crippen molar-refractivity contribution in [1.82, 2.24) is 0 Å². The fourth-order valence-electron chi connectivity index (χ4n) is 3.67. The van der Waals surface area contributed by atoms with Gasteiger partial charge in [0.15, 0.2) is 0 Å². The summed E-state index contributed by atoms with van der Waals surface area (Å²) in [6.07, 6.45) is 10.1. The maximum absolute atomic E-state index is 12.2. The van der Waals surface area contributed by atoms with E-state index >= 15 is 0 Å². The van der Waals surface area contributed by atoms with Crippen LogP contribution in [-0.2, 0) is 20.7 Å². The molecule has 0 radical (unpaired) electrons. The third-order valence-corrected chi connectivity index (χ3v) is 5.40. The van der Waals surface area contributed by atoms with Crippen LogP contribution in [0.1, 0.15) is 44.1 Å². The molecule has 1 aromatic carbocycles. The first-order valence-electron chi connectivity index (χ1n) is 10.3. The fourth-order valence-corrected chi connectivity index (χ4v) is 3.67. The van der Waals surface area contributed by atoms with E-state index < -0.39 is 12.2 Å². The molecule has 2 N–H and O–H groups in total. The number of methoxy groups -OCH3 is 1. The molecule has 0 aromatic heterocycles. The molecule has 1 aromatic rings. The highest BCUT2D eigenvalue weighted by molar-refractivity contribution is 5.84. The van der Waals surface area contributed by atoms with Crippen LogP contribution in [0.15, 0.2) is 54.6 Å². The van der Waals surface area contributed by atoms with Crippen LogP contribution in [0.3, 0.4) is 0 Å². The average Bonchev–Trinajstić information content (AvgIpc) is 3.00. The number of aryl methyl sites for hydroxylation is 1. The van der Waals surface area contributed by atoms with Gasteiger partial charge in [-0.1, -0.05) is 54.6 Å². The normalized spacial score (nSPS) is 23.1. The Kier molecular flexibility index (Phi) is 9.81. The Morgan fingerprint density at radius 3 is 2.76 bits per heavy atom. The molecule has 2 rings (SSSR count). The summed E-state index contributed by atoms with van der Waals surface area (Å²) >= 11 is 0. The second kappa shape index (κ2) is 12.3. The smallest absolute Gasteiger partial charge is 0.305 e. The summed E-state index contributed by atoms with van der Waals surface area (Å²) in [4.78, 5) is 23.3. The second-order valence-corrected chi connectivity index (χ2v) is 7.57. The molecule has 4 atom stereocenters. The summed E-state index contributed by atoms with van der Waals surface area (Å²) in [6.45, 7) is 0. The van der Waals surface area contributed by atoms with Crippen LogP contribution in [0.25, 0.3) is 0 Å². The summed E-state index contributed by atoms with van der Waals surface area (Å²) in [5.41, 5.74) is 1.17. The molecule has 5 nitrogen and oxygen atoms in total. The first kappa shape index (κ1) is 23.0. The van der Waals surface area contributed by atoms with E-state index in [2.05, 4.69) is 4.74 Å². The first-order chi connectivity index (χ1) is 14.0. The molecule has 5 heteroatoms. The zero-order chi connectivity index (χ0) is 21.1. The molecule has 1 aliphatic carbocycles. The highest BCUT2D eigenvalue weighted by Gasteiger charge is 2.39. The number of rotatable bonds is 11. The molecule has 1 aliphatic rings. The first-order valence-corrected chi connectivity index (χ1v) is 10.3. The lowest BCUT2D eigenvalue weighted by Crippen LogP contribution is -2.19. The molecule has 0 heterocycles. The number of carbonyl (C=O) groups excluding carboxylic acids is 2. The van der Waals surface area contributed by atoms with Crippen molar-refractivity contribution in [3.05, 3.63) is 60.2 Å². The van der Waals surface area contributed by atoms with Gasteiger partial charge >= 0.3 is 5.97 Å². The number of aliphatic hydroxyl groups excluding tert-OH is 2. The van der Waals surface area contributed by atoms with Crippen molar-refractivity contribution in [3.8, 4) is 0 Å². The molecular weight excluding hydrogens is 368 g/mol. The maximum atomic E-state index is 12.2. The van der Waals surface area contributed by atoms with Crippen molar-refractivity contribution in [2.75, 3.05) is 7.11 Å². The van der Waals surface area contributed by atoms with Gasteiger partial charge in [0.25, 0.3) is 0 Å². The fraction of sp³-hybridized carbons (Fsp3) is 0.500. The van der Waals surface area contributed by atoms with Crippen LogP contribution in [0, 0.1) is 11.8 Å². The molecule has 29 heavy (non-hydrogen) atoms. The van der Waals surface area contributed by atoms with Gasteiger partial charge in [-0.3, -0.25) is 9.59 Å². The van der Waals surface area contributed by atoms with Crippen molar-refractivity contribution in [1.29, 1.82) is 0 Å². The van der Waals surface area contributed by atoms with Gasteiger partial charge in [0.05, 0.1) is 19.3 Å².